The van der Waals surface area contributed by atoms with E-state index in [0.717, 1.165) is 22.7 Å². The largest absolute Gasteiger partial charge is 0.497 e. The SMILES string of the molecule is COc1ccc(-c2cc(NC(=O)NCCNc3ccccc3)n[nH]2)cc1. The summed E-state index contributed by atoms with van der Waals surface area (Å²) in [6.07, 6.45) is 0. The Balaban J connectivity index is 1.45. The van der Waals surface area contributed by atoms with Crippen LogP contribution in [0.1, 0.15) is 0 Å². The Bertz CT molecular complexity index is 831. The normalized spacial score (nSPS) is 10.2. The summed E-state index contributed by atoms with van der Waals surface area (Å²) < 4.78 is 5.14. The molecule has 0 aliphatic rings. The van der Waals surface area contributed by atoms with Gasteiger partial charge in [0.05, 0.1) is 12.8 Å². The second-order valence-electron chi connectivity index (χ2n) is 5.57. The van der Waals surface area contributed by atoms with Gasteiger partial charge >= 0.3 is 6.03 Å². The van der Waals surface area contributed by atoms with Crippen LogP contribution in [0.15, 0.2) is 60.7 Å². The molecule has 4 N–H and O–H groups in total. The molecule has 26 heavy (non-hydrogen) atoms. The number of nitrogens with zero attached hydrogens (tertiary/aromatic N) is 1. The molecule has 3 aromatic rings. The summed E-state index contributed by atoms with van der Waals surface area (Å²) in [7, 11) is 1.63. The van der Waals surface area contributed by atoms with Crippen molar-refractivity contribution in [1.29, 1.82) is 0 Å². The Labute approximate surface area is 151 Å². The van der Waals surface area contributed by atoms with Crippen LogP contribution in [0, 0.1) is 0 Å². The van der Waals surface area contributed by atoms with Gasteiger partial charge in [-0.25, -0.2) is 4.79 Å². The van der Waals surface area contributed by atoms with Gasteiger partial charge in [0, 0.05) is 24.8 Å². The second kappa shape index (κ2) is 8.57. The minimum atomic E-state index is -0.298. The number of urea groups is 1. The molecule has 0 bridgehead atoms. The molecule has 0 saturated heterocycles. The number of methoxy groups -OCH3 is 1. The number of amides is 2. The summed E-state index contributed by atoms with van der Waals surface area (Å²) in [4.78, 5) is 11.9. The zero-order valence-corrected chi connectivity index (χ0v) is 14.5. The standard InChI is InChI=1S/C19H21N5O2/c1-26-16-9-7-14(8-10-16)17-13-18(24-23-17)22-19(25)21-12-11-20-15-5-3-2-4-6-15/h2-10,13,20H,11-12H2,1H3,(H3,21,22,23,24,25). The first-order valence-electron chi connectivity index (χ1n) is 8.28. The number of hydrogen-bond acceptors (Lipinski definition) is 4. The summed E-state index contributed by atoms with van der Waals surface area (Å²) in [5.74, 6) is 1.25. The lowest BCUT2D eigenvalue weighted by Gasteiger charge is -2.07. The van der Waals surface area contributed by atoms with E-state index < -0.39 is 0 Å². The van der Waals surface area contributed by atoms with E-state index in [1.54, 1.807) is 13.2 Å². The van der Waals surface area contributed by atoms with Crippen molar-refractivity contribution in [3.05, 3.63) is 60.7 Å². The van der Waals surface area contributed by atoms with Crippen LogP contribution in [0.2, 0.25) is 0 Å². The Morgan fingerprint density at radius 2 is 1.85 bits per heavy atom. The van der Waals surface area contributed by atoms with Crippen molar-refractivity contribution in [1.82, 2.24) is 15.5 Å². The van der Waals surface area contributed by atoms with Crippen LogP contribution >= 0.6 is 0 Å². The topological polar surface area (TPSA) is 91.1 Å². The Kier molecular flexibility index (Phi) is 5.72. The lowest BCUT2D eigenvalue weighted by molar-refractivity contribution is 0.252. The van der Waals surface area contributed by atoms with Crippen molar-refractivity contribution in [2.75, 3.05) is 30.8 Å². The van der Waals surface area contributed by atoms with Crippen LogP contribution in [0.4, 0.5) is 16.3 Å². The highest BCUT2D eigenvalue weighted by atomic mass is 16.5. The second-order valence-corrected chi connectivity index (χ2v) is 5.57. The lowest BCUT2D eigenvalue weighted by Crippen LogP contribution is -2.32. The third-order valence-corrected chi connectivity index (χ3v) is 3.73. The Hall–Kier alpha value is -3.48. The van der Waals surface area contributed by atoms with Gasteiger partial charge in [-0.1, -0.05) is 18.2 Å². The van der Waals surface area contributed by atoms with Crippen molar-refractivity contribution in [3.63, 3.8) is 0 Å². The van der Waals surface area contributed by atoms with Crippen LogP contribution in [-0.4, -0.2) is 36.4 Å². The molecule has 0 radical (unpaired) electrons. The maximum Gasteiger partial charge on any atom is 0.320 e. The number of hydrogen-bond donors (Lipinski definition) is 4. The van der Waals surface area contributed by atoms with Crippen molar-refractivity contribution < 1.29 is 9.53 Å². The first-order valence-corrected chi connectivity index (χ1v) is 8.28. The van der Waals surface area contributed by atoms with Gasteiger partial charge in [0.15, 0.2) is 5.82 Å². The zero-order valence-electron chi connectivity index (χ0n) is 14.5. The van der Waals surface area contributed by atoms with E-state index in [1.165, 1.54) is 0 Å². The minimum Gasteiger partial charge on any atom is -0.497 e. The average molecular weight is 351 g/mol. The Morgan fingerprint density at radius 1 is 1.08 bits per heavy atom. The van der Waals surface area contributed by atoms with Crippen molar-refractivity contribution in [2.45, 2.75) is 0 Å². The highest BCUT2D eigenvalue weighted by molar-refractivity contribution is 5.88. The number of aromatic nitrogens is 2. The van der Waals surface area contributed by atoms with Crippen molar-refractivity contribution in [2.24, 2.45) is 0 Å². The summed E-state index contributed by atoms with van der Waals surface area (Å²) >= 11 is 0. The van der Waals surface area contributed by atoms with Crippen LogP contribution in [0.25, 0.3) is 11.3 Å². The maximum atomic E-state index is 11.9. The molecule has 0 spiro atoms. The monoisotopic (exact) mass is 351 g/mol. The first-order chi connectivity index (χ1) is 12.7. The summed E-state index contributed by atoms with van der Waals surface area (Å²) in [6, 6.07) is 18.9. The number of carbonyl (C=O) groups excluding carboxylic acids is 1. The van der Waals surface area contributed by atoms with Gasteiger partial charge in [0.25, 0.3) is 0 Å². The van der Waals surface area contributed by atoms with Gasteiger partial charge < -0.3 is 15.4 Å². The van der Waals surface area contributed by atoms with Crippen LogP contribution in [0.3, 0.4) is 0 Å². The summed E-state index contributed by atoms with van der Waals surface area (Å²) in [5.41, 5.74) is 2.79. The quantitative estimate of drug-likeness (QED) is 0.492. The number of benzene rings is 2. The fraction of sp³-hybridized carbons (Fsp3) is 0.158. The van der Waals surface area contributed by atoms with Crippen molar-refractivity contribution >= 4 is 17.5 Å². The number of rotatable bonds is 7. The summed E-state index contributed by atoms with van der Waals surface area (Å²) in [5, 5.41) is 15.7. The average Bonchev–Trinajstić information content (AvgIpc) is 3.14. The van der Waals surface area contributed by atoms with E-state index in [1.807, 2.05) is 54.6 Å². The minimum absolute atomic E-state index is 0.298. The molecule has 134 valence electrons. The molecule has 0 fully saturated rings. The number of ether oxygens (including phenoxy) is 1. The fourth-order valence-electron chi connectivity index (χ4n) is 2.40. The highest BCUT2D eigenvalue weighted by Gasteiger charge is 2.07. The fourth-order valence-corrected chi connectivity index (χ4v) is 2.40. The number of anilines is 2. The van der Waals surface area contributed by atoms with E-state index >= 15 is 0 Å². The summed E-state index contributed by atoms with van der Waals surface area (Å²) in [6.45, 7) is 1.13. The van der Waals surface area contributed by atoms with Crippen molar-refractivity contribution in [3.8, 4) is 17.0 Å². The number of carbonyl (C=O) groups is 1. The molecule has 0 aliphatic heterocycles. The van der Waals surface area contributed by atoms with Gasteiger partial charge in [-0.05, 0) is 42.0 Å². The van der Waals surface area contributed by atoms with Crippen LogP contribution in [0.5, 0.6) is 5.75 Å². The van der Waals surface area contributed by atoms with E-state index in [2.05, 4.69) is 26.1 Å². The van der Waals surface area contributed by atoms with Gasteiger partial charge in [0.1, 0.15) is 5.75 Å². The molecule has 0 atom stereocenters. The Morgan fingerprint density at radius 3 is 2.58 bits per heavy atom. The van der Waals surface area contributed by atoms with Crippen LogP contribution < -0.4 is 20.7 Å². The molecule has 2 aromatic carbocycles. The lowest BCUT2D eigenvalue weighted by atomic mass is 10.1. The van der Waals surface area contributed by atoms with E-state index in [-0.39, 0.29) is 6.03 Å². The molecular weight excluding hydrogens is 330 g/mol. The van der Waals surface area contributed by atoms with E-state index in [0.29, 0.717) is 18.9 Å². The third kappa shape index (κ3) is 4.76. The molecule has 2 amide bonds. The highest BCUT2D eigenvalue weighted by Crippen LogP contribution is 2.22. The maximum absolute atomic E-state index is 11.9. The van der Waals surface area contributed by atoms with E-state index in [9.17, 15) is 4.79 Å². The molecule has 3 rings (SSSR count). The zero-order chi connectivity index (χ0) is 18.2. The predicted octanol–water partition coefficient (Wildman–Crippen LogP) is 3.32. The number of nitrogens with one attached hydrogen (secondary N) is 4. The molecule has 0 unspecified atom stereocenters. The number of para-hydroxylation sites is 1. The molecular formula is C19H21N5O2. The van der Waals surface area contributed by atoms with Gasteiger partial charge in [-0.2, -0.15) is 5.10 Å². The number of H-pyrrole nitrogens is 1. The van der Waals surface area contributed by atoms with Gasteiger partial charge in [-0.15, -0.1) is 0 Å². The van der Waals surface area contributed by atoms with Gasteiger partial charge in [0.2, 0.25) is 0 Å². The molecule has 1 heterocycles. The molecule has 0 saturated carbocycles. The van der Waals surface area contributed by atoms with Gasteiger partial charge in [-0.3, -0.25) is 10.4 Å². The predicted molar refractivity (Wildman–Crippen MR) is 103 cm³/mol. The number of aromatic amines is 1. The molecule has 7 nitrogen and oxygen atoms in total. The molecule has 0 aliphatic carbocycles. The smallest absolute Gasteiger partial charge is 0.320 e. The molecule has 7 heteroatoms. The third-order valence-electron chi connectivity index (χ3n) is 3.73. The molecule has 1 aromatic heterocycles. The first kappa shape index (κ1) is 17.3. The van der Waals surface area contributed by atoms with Crippen LogP contribution in [-0.2, 0) is 0 Å². The van der Waals surface area contributed by atoms with E-state index in [4.69, 9.17) is 4.74 Å².